The molecule has 1 aromatic carbocycles. The van der Waals surface area contributed by atoms with Gasteiger partial charge in [0.15, 0.2) is 0 Å². The molecule has 0 aliphatic rings. The smallest absolute Gasteiger partial charge is 0.135 e. The van der Waals surface area contributed by atoms with Crippen LogP contribution in [-0.2, 0) is 0 Å². The number of rotatable bonds is 4. The van der Waals surface area contributed by atoms with Crippen LogP contribution in [0, 0.1) is 0 Å². The van der Waals surface area contributed by atoms with Gasteiger partial charge in [-0.1, -0.05) is 17.7 Å². The summed E-state index contributed by atoms with van der Waals surface area (Å²) in [5, 5.41) is 3.53. The highest BCUT2D eigenvalue weighted by Gasteiger charge is 1.99. The van der Waals surface area contributed by atoms with Gasteiger partial charge in [-0.15, -0.1) is 0 Å². The van der Waals surface area contributed by atoms with Crippen LogP contribution in [0.3, 0.4) is 0 Å². The highest BCUT2D eigenvalue weighted by atomic mass is 35.5. The molecule has 0 unspecified atom stereocenters. The number of aromatic nitrogens is 2. The van der Waals surface area contributed by atoms with E-state index < -0.39 is 0 Å². The van der Waals surface area contributed by atoms with Crippen molar-refractivity contribution in [2.45, 2.75) is 6.92 Å². The molecule has 1 heterocycles. The Labute approximate surface area is 105 Å². The van der Waals surface area contributed by atoms with Gasteiger partial charge in [0.1, 0.15) is 23.0 Å². The van der Waals surface area contributed by atoms with Crippen molar-refractivity contribution in [1.29, 1.82) is 0 Å². The average Bonchev–Trinajstić information content (AvgIpc) is 2.30. The summed E-state index contributed by atoms with van der Waals surface area (Å²) in [6, 6.07) is 9.31. The van der Waals surface area contributed by atoms with E-state index >= 15 is 0 Å². The van der Waals surface area contributed by atoms with Gasteiger partial charge in [-0.3, -0.25) is 0 Å². The SMILES string of the molecule is CCOc1cccc(Nc2cc(Cl)ncn2)c1. The zero-order valence-corrected chi connectivity index (χ0v) is 10.1. The monoisotopic (exact) mass is 249 g/mol. The third-order valence-corrected chi connectivity index (χ3v) is 2.26. The summed E-state index contributed by atoms with van der Waals surface area (Å²) < 4.78 is 5.41. The molecule has 0 aliphatic carbocycles. The fraction of sp³-hybridized carbons (Fsp3) is 0.167. The van der Waals surface area contributed by atoms with Gasteiger partial charge in [-0.05, 0) is 19.1 Å². The molecule has 88 valence electrons. The maximum Gasteiger partial charge on any atom is 0.135 e. The van der Waals surface area contributed by atoms with Gasteiger partial charge in [0.2, 0.25) is 0 Å². The van der Waals surface area contributed by atoms with Crippen molar-refractivity contribution in [2.75, 3.05) is 11.9 Å². The van der Waals surface area contributed by atoms with Crippen LogP contribution < -0.4 is 10.1 Å². The number of nitrogens with zero attached hydrogens (tertiary/aromatic N) is 2. The van der Waals surface area contributed by atoms with Crippen molar-refractivity contribution in [1.82, 2.24) is 9.97 Å². The summed E-state index contributed by atoms with van der Waals surface area (Å²) in [6.45, 7) is 2.59. The number of ether oxygens (including phenoxy) is 1. The Morgan fingerprint density at radius 1 is 1.29 bits per heavy atom. The summed E-state index contributed by atoms with van der Waals surface area (Å²) in [7, 11) is 0. The molecule has 2 aromatic rings. The Bertz CT molecular complexity index is 505. The van der Waals surface area contributed by atoms with Crippen LogP contribution >= 0.6 is 11.6 Å². The van der Waals surface area contributed by atoms with Crippen LogP contribution in [0.2, 0.25) is 5.15 Å². The molecule has 0 fully saturated rings. The maximum absolute atomic E-state index is 5.78. The lowest BCUT2D eigenvalue weighted by Gasteiger charge is -2.08. The van der Waals surface area contributed by atoms with E-state index in [1.807, 2.05) is 31.2 Å². The Morgan fingerprint density at radius 3 is 2.94 bits per heavy atom. The van der Waals surface area contributed by atoms with Crippen molar-refractivity contribution < 1.29 is 4.74 Å². The first-order valence-corrected chi connectivity index (χ1v) is 5.63. The first kappa shape index (κ1) is 11.7. The van der Waals surface area contributed by atoms with Gasteiger partial charge in [-0.2, -0.15) is 0 Å². The first-order chi connectivity index (χ1) is 8.28. The molecule has 0 aliphatic heterocycles. The number of anilines is 2. The molecule has 0 atom stereocenters. The molecular weight excluding hydrogens is 238 g/mol. The highest BCUT2D eigenvalue weighted by molar-refractivity contribution is 6.29. The molecule has 0 bridgehead atoms. The molecule has 1 aromatic heterocycles. The van der Waals surface area contributed by atoms with Crippen LogP contribution in [0.1, 0.15) is 6.92 Å². The lowest BCUT2D eigenvalue weighted by atomic mass is 10.3. The molecule has 17 heavy (non-hydrogen) atoms. The molecule has 5 heteroatoms. The lowest BCUT2D eigenvalue weighted by Crippen LogP contribution is -1.96. The standard InChI is InChI=1S/C12H12ClN3O/c1-2-17-10-5-3-4-9(6-10)16-12-7-11(13)14-8-15-12/h3-8H,2H2,1H3,(H,14,15,16). The van der Waals surface area contributed by atoms with E-state index in [2.05, 4.69) is 15.3 Å². The van der Waals surface area contributed by atoms with Gasteiger partial charge < -0.3 is 10.1 Å². The minimum absolute atomic E-state index is 0.406. The van der Waals surface area contributed by atoms with Crippen LogP contribution in [0.25, 0.3) is 0 Å². The number of hydrogen-bond acceptors (Lipinski definition) is 4. The molecule has 2 rings (SSSR count). The highest BCUT2D eigenvalue weighted by Crippen LogP contribution is 2.21. The van der Waals surface area contributed by atoms with E-state index in [1.165, 1.54) is 6.33 Å². The number of benzene rings is 1. The number of nitrogens with one attached hydrogen (secondary N) is 1. The van der Waals surface area contributed by atoms with Crippen molar-refractivity contribution >= 4 is 23.1 Å². The minimum atomic E-state index is 0.406. The van der Waals surface area contributed by atoms with Gasteiger partial charge in [0, 0.05) is 17.8 Å². The molecule has 4 nitrogen and oxygen atoms in total. The molecule has 0 spiro atoms. The van der Waals surface area contributed by atoms with Crippen molar-refractivity contribution in [3.05, 3.63) is 41.8 Å². The van der Waals surface area contributed by atoms with Gasteiger partial charge in [-0.25, -0.2) is 9.97 Å². The van der Waals surface area contributed by atoms with E-state index in [0.29, 0.717) is 17.6 Å². The van der Waals surface area contributed by atoms with E-state index in [0.717, 1.165) is 11.4 Å². The second kappa shape index (κ2) is 5.50. The molecule has 0 saturated carbocycles. The molecule has 0 radical (unpaired) electrons. The fourth-order valence-electron chi connectivity index (χ4n) is 1.38. The van der Waals surface area contributed by atoms with Crippen molar-refractivity contribution in [2.24, 2.45) is 0 Å². The minimum Gasteiger partial charge on any atom is -0.494 e. The van der Waals surface area contributed by atoms with Gasteiger partial charge >= 0.3 is 0 Å². The summed E-state index contributed by atoms with van der Waals surface area (Å²) in [5.41, 5.74) is 0.894. The molecule has 1 N–H and O–H groups in total. The van der Waals surface area contributed by atoms with Gasteiger partial charge in [0.25, 0.3) is 0 Å². The predicted molar refractivity (Wildman–Crippen MR) is 67.9 cm³/mol. The Balaban J connectivity index is 2.15. The van der Waals surface area contributed by atoms with E-state index in [9.17, 15) is 0 Å². The number of hydrogen-bond donors (Lipinski definition) is 1. The van der Waals surface area contributed by atoms with E-state index in [4.69, 9.17) is 16.3 Å². The van der Waals surface area contributed by atoms with Crippen LogP contribution in [0.4, 0.5) is 11.5 Å². The molecular formula is C12H12ClN3O. The number of halogens is 1. The van der Waals surface area contributed by atoms with E-state index in [-0.39, 0.29) is 0 Å². The summed E-state index contributed by atoms with van der Waals surface area (Å²) in [4.78, 5) is 7.88. The molecule has 0 saturated heterocycles. The lowest BCUT2D eigenvalue weighted by molar-refractivity contribution is 0.340. The first-order valence-electron chi connectivity index (χ1n) is 5.25. The molecule has 0 amide bonds. The van der Waals surface area contributed by atoms with Crippen LogP contribution in [-0.4, -0.2) is 16.6 Å². The Kier molecular flexibility index (Phi) is 3.77. The van der Waals surface area contributed by atoms with Gasteiger partial charge in [0.05, 0.1) is 6.61 Å². The van der Waals surface area contributed by atoms with Crippen molar-refractivity contribution in [3.63, 3.8) is 0 Å². The van der Waals surface area contributed by atoms with Crippen molar-refractivity contribution in [3.8, 4) is 5.75 Å². The quantitative estimate of drug-likeness (QED) is 0.845. The maximum atomic E-state index is 5.78. The Morgan fingerprint density at radius 2 is 2.18 bits per heavy atom. The Hall–Kier alpha value is -1.81. The normalized spacial score (nSPS) is 10.0. The zero-order chi connectivity index (χ0) is 12.1. The second-order valence-electron chi connectivity index (χ2n) is 3.31. The third kappa shape index (κ3) is 3.32. The average molecular weight is 250 g/mol. The summed E-state index contributed by atoms with van der Waals surface area (Å²) >= 11 is 5.78. The predicted octanol–water partition coefficient (Wildman–Crippen LogP) is 3.27. The summed E-state index contributed by atoms with van der Waals surface area (Å²) in [5.74, 6) is 1.47. The third-order valence-electron chi connectivity index (χ3n) is 2.05. The van der Waals surface area contributed by atoms with Crippen LogP contribution in [0.15, 0.2) is 36.7 Å². The largest absolute Gasteiger partial charge is 0.494 e. The zero-order valence-electron chi connectivity index (χ0n) is 9.35. The van der Waals surface area contributed by atoms with Crippen LogP contribution in [0.5, 0.6) is 5.75 Å². The summed E-state index contributed by atoms with van der Waals surface area (Å²) in [6.07, 6.45) is 1.41. The fourth-order valence-corrected chi connectivity index (χ4v) is 1.53. The second-order valence-corrected chi connectivity index (χ2v) is 3.70. The topological polar surface area (TPSA) is 47.0 Å². The van der Waals surface area contributed by atoms with E-state index in [1.54, 1.807) is 6.07 Å².